The monoisotopic (exact) mass is 422 g/mol. The van der Waals surface area contributed by atoms with Gasteiger partial charge in [0, 0.05) is 6.04 Å². The van der Waals surface area contributed by atoms with Crippen LogP contribution in [0.1, 0.15) is 24.2 Å². The molecule has 0 heterocycles. The molecule has 0 saturated heterocycles. The Morgan fingerprint density at radius 3 is 2.57 bits per heavy atom. The predicted octanol–water partition coefficient (Wildman–Crippen LogP) is 3.87. The molecular formula is C20H23ClN2O4S. The largest absolute Gasteiger partial charge is 0.495 e. The number of para-hydroxylation sites is 2. The Labute approximate surface area is 170 Å². The highest BCUT2D eigenvalue weighted by Gasteiger charge is 2.28. The number of hydrogen-bond donors (Lipinski definition) is 1. The second-order valence-corrected chi connectivity index (χ2v) is 8.54. The lowest BCUT2D eigenvalue weighted by atomic mass is 10.2. The maximum Gasteiger partial charge on any atom is 0.264 e. The van der Waals surface area contributed by atoms with Crippen molar-refractivity contribution in [3.05, 3.63) is 65.7 Å². The summed E-state index contributed by atoms with van der Waals surface area (Å²) >= 11 is 6.12. The molecule has 0 bridgehead atoms. The molecular weight excluding hydrogens is 400 g/mol. The second-order valence-electron chi connectivity index (χ2n) is 6.27. The maximum absolute atomic E-state index is 13.3. The molecule has 6 nitrogen and oxygen atoms in total. The van der Waals surface area contributed by atoms with Crippen LogP contribution in [-0.2, 0) is 10.0 Å². The molecule has 8 heteroatoms. The van der Waals surface area contributed by atoms with E-state index >= 15 is 0 Å². The molecule has 0 aliphatic carbocycles. The standard InChI is InChI=1S/C20H23ClN2O4S/c1-5-12-23(18-8-6-7-9-19(18)27-4)28(25,26)15-10-11-17(21)16(13-15)20(24)22-14(2)3/h5-11,13-14H,1,12H2,2-4H3,(H,22,24). The van der Waals surface area contributed by atoms with Gasteiger partial charge >= 0.3 is 0 Å². The number of anilines is 1. The van der Waals surface area contributed by atoms with E-state index in [0.717, 1.165) is 0 Å². The van der Waals surface area contributed by atoms with Crippen LogP contribution in [0.25, 0.3) is 0 Å². The third kappa shape index (κ3) is 4.66. The molecule has 2 aromatic rings. The van der Waals surface area contributed by atoms with Crippen molar-refractivity contribution in [1.82, 2.24) is 5.32 Å². The molecule has 28 heavy (non-hydrogen) atoms. The molecule has 2 rings (SSSR count). The summed E-state index contributed by atoms with van der Waals surface area (Å²) in [6.45, 7) is 7.29. The highest BCUT2D eigenvalue weighted by molar-refractivity contribution is 7.92. The first-order chi connectivity index (χ1) is 13.2. The fourth-order valence-corrected chi connectivity index (χ4v) is 4.26. The van der Waals surface area contributed by atoms with Crippen LogP contribution in [-0.4, -0.2) is 34.0 Å². The fourth-order valence-electron chi connectivity index (χ4n) is 2.59. The minimum atomic E-state index is -4.01. The van der Waals surface area contributed by atoms with Gasteiger partial charge < -0.3 is 10.1 Å². The van der Waals surface area contributed by atoms with Crippen LogP contribution >= 0.6 is 11.6 Å². The van der Waals surface area contributed by atoms with Gasteiger partial charge in [-0.05, 0) is 44.2 Å². The molecule has 0 atom stereocenters. The summed E-state index contributed by atoms with van der Waals surface area (Å²) in [5.41, 5.74) is 0.461. The average Bonchev–Trinajstić information content (AvgIpc) is 2.65. The Balaban J connectivity index is 2.57. The Hall–Kier alpha value is -2.51. The van der Waals surface area contributed by atoms with Gasteiger partial charge in [0.1, 0.15) is 5.75 Å². The Morgan fingerprint density at radius 2 is 1.96 bits per heavy atom. The zero-order valence-electron chi connectivity index (χ0n) is 16.0. The normalized spacial score (nSPS) is 11.2. The van der Waals surface area contributed by atoms with Gasteiger partial charge in [-0.3, -0.25) is 9.10 Å². The molecule has 150 valence electrons. The summed E-state index contributed by atoms with van der Waals surface area (Å²) < 4.78 is 33.2. The smallest absolute Gasteiger partial charge is 0.264 e. The second kappa shape index (κ2) is 9.12. The van der Waals surface area contributed by atoms with Crippen LogP contribution in [0, 0.1) is 0 Å². The van der Waals surface area contributed by atoms with Crippen molar-refractivity contribution in [2.45, 2.75) is 24.8 Å². The van der Waals surface area contributed by atoms with E-state index in [1.165, 1.54) is 35.7 Å². The quantitative estimate of drug-likeness (QED) is 0.655. The molecule has 1 amide bonds. The maximum atomic E-state index is 13.3. The van der Waals surface area contributed by atoms with E-state index in [9.17, 15) is 13.2 Å². The van der Waals surface area contributed by atoms with Crippen molar-refractivity contribution in [3.8, 4) is 5.75 Å². The highest BCUT2D eigenvalue weighted by atomic mass is 35.5. The number of amides is 1. The van der Waals surface area contributed by atoms with E-state index in [-0.39, 0.29) is 28.1 Å². The number of nitrogens with zero attached hydrogens (tertiary/aromatic N) is 1. The number of rotatable bonds is 8. The number of carbonyl (C=O) groups excluding carboxylic acids is 1. The van der Waals surface area contributed by atoms with E-state index in [0.29, 0.717) is 11.4 Å². The van der Waals surface area contributed by atoms with Gasteiger partial charge in [0.05, 0.1) is 34.8 Å². The Morgan fingerprint density at radius 1 is 1.29 bits per heavy atom. The summed E-state index contributed by atoms with van der Waals surface area (Å²) in [5, 5.41) is 2.89. The van der Waals surface area contributed by atoms with Gasteiger partial charge in [0.25, 0.3) is 15.9 Å². The lowest BCUT2D eigenvalue weighted by molar-refractivity contribution is 0.0943. The molecule has 0 radical (unpaired) electrons. The zero-order chi connectivity index (χ0) is 20.9. The number of methoxy groups -OCH3 is 1. The Bertz CT molecular complexity index is 974. The first-order valence-corrected chi connectivity index (χ1v) is 10.4. The molecule has 0 fully saturated rings. The summed E-state index contributed by atoms with van der Waals surface area (Å²) in [6.07, 6.45) is 1.48. The number of sulfonamides is 1. The van der Waals surface area contributed by atoms with E-state index in [4.69, 9.17) is 16.3 Å². The van der Waals surface area contributed by atoms with Gasteiger partial charge in [-0.15, -0.1) is 6.58 Å². The first-order valence-electron chi connectivity index (χ1n) is 8.59. The van der Waals surface area contributed by atoms with Crippen molar-refractivity contribution in [2.24, 2.45) is 0 Å². The fraction of sp³-hybridized carbons (Fsp3) is 0.250. The molecule has 0 saturated carbocycles. The van der Waals surface area contributed by atoms with Crippen molar-refractivity contribution in [1.29, 1.82) is 0 Å². The minimum Gasteiger partial charge on any atom is -0.495 e. The van der Waals surface area contributed by atoms with Crippen molar-refractivity contribution < 1.29 is 17.9 Å². The van der Waals surface area contributed by atoms with E-state index < -0.39 is 15.9 Å². The highest BCUT2D eigenvalue weighted by Crippen LogP contribution is 2.33. The Kier molecular flexibility index (Phi) is 7.10. The van der Waals surface area contributed by atoms with Gasteiger partial charge in [-0.25, -0.2) is 8.42 Å². The van der Waals surface area contributed by atoms with Gasteiger partial charge in [-0.2, -0.15) is 0 Å². The number of halogens is 1. The summed E-state index contributed by atoms with van der Waals surface area (Å²) in [6, 6.07) is 10.7. The van der Waals surface area contributed by atoms with E-state index in [1.54, 1.807) is 38.1 Å². The van der Waals surface area contributed by atoms with Crippen molar-refractivity contribution >= 4 is 33.2 Å². The van der Waals surface area contributed by atoms with Crippen LogP contribution in [0.4, 0.5) is 5.69 Å². The first kappa shape index (κ1) is 21.8. The number of nitrogens with one attached hydrogen (secondary N) is 1. The summed E-state index contributed by atoms with van der Waals surface area (Å²) in [4.78, 5) is 12.3. The van der Waals surface area contributed by atoms with Gasteiger partial charge in [-0.1, -0.05) is 29.8 Å². The van der Waals surface area contributed by atoms with Crippen LogP contribution in [0.15, 0.2) is 60.0 Å². The van der Waals surface area contributed by atoms with Crippen molar-refractivity contribution in [3.63, 3.8) is 0 Å². The van der Waals surface area contributed by atoms with E-state index in [2.05, 4.69) is 11.9 Å². The molecule has 0 spiro atoms. The van der Waals surface area contributed by atoms with Crippen LogP contribution in [0.5, 0.6) is 5.75 Å². The molecule has 0 unspecified atom stereocenters. The lowest BCUT2D eigenvalue weighted by Crippen LogP contribution is -2.33. The van der Waals surface area contributed by atoms with Gasteiger partial charge in [0.15, 0.2) is 0 Å². The van der Waals surface area contributed by atoms with E-state index in [1.807, 2.05) is 0 Å². The third-order valence-corrected chi connectivity index (χ3v) is 5.94. The average molecular weight is 423 g/mol. The number of benzene rings is 2. The predicted molar refractivity (Wildman–Crippen MR) is 112 cm³/mol. The topological polar surface area (TPSA) is 75.7 Å². The number of carbonyl (C=O) groups is 1. The van der Waals surface area contributed by atoms with Crippen molar-refractivity contribution in [2.75, 3.05) is 18.0 Å². The summed E-state index contributed by atoms with van der Waals surface area (Å²) in [7, 11) is -2.54. The van der Waals surface area contributed by atoms with Crippen LogP contribution in [0.2, 0.25) is 5.02 Å². The van der Waals surface area contributed by atoms with Crippen LogP contribution < -0.4 is 14.4 Å². The third-order valence-electron chi connectivity index (χ3n) is 3.84. The minimum absolute atomic E-state index is 0.0266. The molecule has 0 aliphatic rings. The molecule has 0 aromatic heterocycles. The number of hydrogen-bond acceptors (Lipinski definition) is 4. The lowest BCUT2D eigenvalue weighted by Gasteiger charge is -2.25. The zero-order valence-corrected chi connectivity index (χ0v) is 17.5. The molecule has 1 N–H and O–H groups in total. The number of ether oxygens (including phenoxy) is 1. The molecule has 0 aliphatic heterocycles. The summed E-state index contributed by atoms with van der Waals surface area (Å²) in [5.74, 6) is -0.0377. The van der Waals surface area contributed by atoms with Gasteiger partial charge in [0.2, 0.25) is 0 Å². The SMILES string of the molecule is C=CCN(c1ccccc1OC)S(=O)(=O)c1ccc(Cl)c(C(=O)NC(C)C)c1. The molecule has 2 aromatic carbocycles. The van der Waals surface area contributed by atoms with Crippen LogP contribution in [0.3, 0.4) is 0 Å².